The molecule has 0 aliphatic carbocycles. The number of nitrogens with one attached hydrogen (secondary N) is 1. The summed E-state index contributed by atoms with van der Waals surface area (Å²) in [6.07, 6.45) is 3.98. The summed E-state index contributed by atoms with van der Waals surface area (Å²) < 4.78 is 0. The molecular formula is C11H16N2O3S. The summed E-state index contributed by atoms with van der Waals surface area (Å²) in [4.78, 5) is 26.6. The van der Waals surface area contributed by atoms with E-state index in [4.69, 9.17) is 5.11 Å². The number of aryl methyl sites for hydroxylation is 1. The molecule has 6 heteroatoms. The van der Waals surface area contributed by atoms with Crippen molar-refractivity contribution in [2.24, 2.45) is 0 Å². The fourth-order valence-corrected chi connectivity index (χ4v) is 2.21. The highest BCUT2D eigenvalue weighted by Crippen LogP contribution is 2.14. The van der Waals surface area contributed by atoms with Crippen LogP contribution >= 0.6 is 11.3 Å². The van der Waals surface area contributed by atoms with Crippen LogP contribution in [-0.4, -0.2) is 28.5 Å². The molecule has 5 nitrogen and oxygen atoms in total. The predicted octanol–water partition coefficient (Wildman–Crippen LogP) is 1.69. The van der Waals surface area contributed by atoms with Gasteiger partial charge in [-0.15, -0.1) is 11.3 Å². The van der Waals surface area contributed by atoms with Gasteiger partial charge in [0.25, 0.3) is 5.91 Å². The molecular weight excluding hydrogens is 240 g/mol. The van der Waals surface area contributed by atoms with Gasteiger partial charge in [0.1, 0.15) is 4.88 Å². The average Bonchev–Trinajstić information content (AvgIpc) is 2.73. The number of carbonyl (C=O) groups is 2. The number of amides is 1. The Morgan fingerprint density at radius 2 is 2.29 bits per heavy atom. The minimum Gasteiger partial charge on any atom is -0.481 e. The van der Waals surface area contributed by atoms with Gasteiger partial charge >= 0.3 is 5.97 Å². The van der Waals surface area contributed by atoms with Gasteiger partial charge in [0.15, 0.2) is 0 Å². The molecule has 2 N–H and O–H groups in total. The van der Waals surface area contributed by atoms with Gasteiger partial charge < -0.3 is 10.4 Å². The van der Waals surface area contributed by atoms with E-state index in [-0.39, 0.29) is 12.3 Å². The molecule has 0 aliphatic heterocycles. The van der Waals surface area contributed by atoms with Crippen LogP contribution in [0, 0.1) is 0 Å². The SMILES string of the molecule is CCCc1ncc(C(=O)NCCCC(=O)O)s1. The maximum Gasteiger partial charge on any atom is 0.303 e. The molecule has 1 aromatic heterocycles. The monoisotopic (exact) mass is 256 g/mol. The highest BCUT2D eigenvalue weighted by Gasteiger charge is 2.09. The second-order valence-electron chi connectivity index (χ2n) is 3.62. The molecule has 0 fully saturated rings. The van der Waals surface area contributed by atoms with Crippen molar-refractivity contribution in [3.8, 4) is 0 Å². The summed E-state index contributed by atoms with van der Waals surface area (Å²) in [5.74, 6) is -1.02. The van der Waals surface area contributed by atoms with Crippen molar-refractivity contribution >= 4 is 23.2 Å². The summed E-state index contributed by atoms with van der Waals surface area (Å²) in [7, 11) is 0. The fourth-order valence-electron chi connectivity index (χ4n) is 1.27. The molecule has 1 amide bonds. The molecule has 0 spiro atoms. The van der Waals surface area contributed by atoms with E-state index < -0.39 is 5.97 Å². The third-order valence-corrected chi connectivity index (χ3v) is 3.15. The van der Waals surface area contributed by atoms with Crippen LogP contribution in [0.2, 0.25) is 0 Å². The van der Waals surface area contributed by atoms with Crippen LogP contribution in [-0.2, 0) is 11.2 Å². The maximum absolute atomic E-state index is 11.6. The molecule has 0 aliphatic rings. The van der Waals surface area contributed by atoms with Crippen molar-refractivity contribution in [2.45, 2.75) is 32.6 Å². The average molecular weight is 256 g/mol. The first kappa shape index (κ1) is 13.6. The number of aliphatic carboxylic acids is 1. The first-order chi connectivity index (χ1) is 8.13. The summed E-state index contributed by atoms with van der Waals surface area (Å²) in [6.45, 7) is 2.44. The lowest BCUT2D eigenvalue weighted by molar-refractivity contribution is -0.137. The Kier molecular flexibility index (Phi) is 5.62. The molecule has 0 bridgehead atoms. The van der Waals surface area contributed by atoms with E-state index in [9.17, 15) is 9.59 Å². The zero-order valence-electron chi connectivity index (χ0n) is 9.73. The second kappa shape index (κ2) is 7.01. The Morgan fingerprint density at radius 3 is 2.94 bits per heavy atom. The fraction of sp³-hybridized carbons (Fsp3) is 0.545. The zero-order valence-corrected chi connectivity index (χ0v) is 10.5. The second-order valence-corrected chi connectivity index (χ2v) is 4.74. The Labute approximate surface area is 104 Å². The topological polar surface area (TPSA) is 79.3 Å². The lowest BCUT2D eigenvalue weighted by Gasteiger charge is -2.00. The van der Waals surface area contributed by atoms with Gasteiger partial charge in [-0.3, -0.25) is 9.59 Å². The number of hydrogen-bond acceptors (Lipinski definition) is 4. The maximum atomic E-state index is 11.6. The number of hydrogen-bond donors (Lipinski definition) is 2. The van der Waals surface area contributed by atoms with Crippen LogP contribution < -0.4 is 5.32 Å². The van der Waals surface area contributed by atoms with Gasteiger partial charge in [0, 0.05) is 13.0 Å². The number of rotatable bonds is 7. The zero-order chi connectivity index (χ0) is 12.7. The number of aromatic nitrogens is 1. The third-order valence-electron chi connectivity index (χ3n) is 2.09. The minimum absolute atomic E-state index is 0.0735. The molecule has 1 heterocycles. The summed E-state index contributed by atoms with van der Waals surface area (Å²) in [5.41, 5.74) is 0. The van der Waals surface area contributed by atoms with E-state index >= 15 is 0 Å². The molecule has 0 unspecified atom stereocenters. The molecule has 1 rings (SSSR count). The molecule has 0 radical (unpaired) electrons. The lowest BCUT2D eigenvalue weighted by Crippen LogP contribution is -2.24. The summed E-state index contributed by atoms with van der Waals surface area (Å²) in [6, 6.07) is 0. The quantitative estimate of drug-likeness (QED) is 0.728. The van der Waals surface area contributed by atoms with Crippen LogP contribution in [0.4, 0.5) is 0 Å². The van der Waals surface area contributed by atoms with E-state index in [1.165, 1.54) is 11.3 Å². The smallest absolute Gasteiger partial charge is 0.303 e. The van der Waals surface area contributed by atoms with Gasteiger partial charge in [0.2, 0.25) is 0 Å². The van der Waals surface area contributed by atoms with E-state index in [1.807, 2.05) is 0 Å². The first-order valence-electron chi connectivity index (χ1n) is 5.58. The van der Waals surface area contributed by atoms with Gasteiger partial charge in [0.05, 0.1) is 11.2 Å². The standard InChI is InChI=1S/C11H16N2O3S/c1-2-4-9-13-7-8(17-9)11(16)12-6-3-5-10(14)15/h7H,2-6H2,1H3,(H,12,16)(H,14,15). The van der Waals surface area contributed by atoms with Crippen molar-refractivity contribution in [3.05, 3.63) is 16.1 Å². The molecule has 0 saturated heterocycles. The number of thiazole rings is 1. The summed E-state index contributed by atoms with van der Waals surface area (Å²) >= 11 is 1.39. The van der Waals surface area contributed by atoms with Gasteiger partial charge in [-0.05, 0) is 19.3 Å². The Hall–Kier alpha value is -1.43. The van der Waals surface area contributed by atoms with Crippen molar-refractivity contribution in [1.29, 1.82) is 0 Å². The van der Waals surface area contributed by atoms with Crippen molar-refractivity contribution in [2.75, 3.05) is 6.54 Å². The first-order valence-corrected chi connectivity index (χ1v) is 6.39. The Morgan fingerprint density at radius 1 is 1.53 bits per heavy atom. The van der Waals surface area contributed by atoms with E-state index in [2.05, 4.69) is 17.2 Å². The predicted molar refractivity (Wildman–Crippen MR) is 65.3 cm³/mol. The van der Waals surface area contributed by atoms with Crippen LogP contribution in [0.1, 0.15) is 40.9 Å². The van der Waals surface area contributed by atoms with E-state index in [0.29, 0.717) is 17.8 Å². The van der Waals surface area contributed by atoms with Crippen LogP contribution in [0.5, 0.6) is 0 Å². The van der Waals surface area contributed by atoms with Crippen molar-refractivity contribution in [3.63, 3.8) is 0 Å². The molecule has 94 valence electrons. The molecule has 0 saturated carbocycles. The number of carboxylic acids is 1. The van der Waals surface area contributed by atoms with Gasteiger partial charge in [-0.1, -0.05) is 6.92 Å². The van der Waals surface area contributed by atoms with Gasteiger partial charge in [-0.2, -0.15) is 0 Å². The normalized spacial score (nSPS) is 10.2. The number of carbonyl (C=O) groups excluding carboxylic acids is 1. The highest BCUT2D eigenvalue weighted by atomic mass is 32.1. The largest absolute Gasteiger partial charge is 0.481 e. The van der Waals surface area contributed by atoms with Crippen molar-refractivity contribution in [1.82, 2.24) is 10.3 Å². The van der Waals surface area contributed by atoms with Gasteiger partial charge in [-0.25, -0.2) is 4.98 Å². The van der Waals surface area contributed by atoms with Crippen LogP contribution in [0.25, 0.3) is 0 Å². The highest BCUT2D eigenvalue weighted by molar-refractivity contribution is 7.13. The molecule has 1 aromatic rings. The Bertz CT molecular complexity index is 390. The van der Waals surface area contributed by atoms with Crippen LogP contribution in [0.15, 0.2) is 6.20 Å². The third kappa shape index (κ3) is 4.95. The lowest BCUT2D eigenvalue weighted by atomic mass is 10.3. The van der Waals surface area contributed by atoms with E-state index in [0.717, 1.165) is 17.8 Å². The number of carboxylic acid groups (broad SMARTS) is 1. The van der Waals surface area contributed by atoms with Crippen molar-refractivity contribution < 1.29 is 14.7 Å². The number of nitrogens with zero attached hydrogens (tertiary/aromatic N) is 1. The minimum atomic E-state index is -0.845. The molecule has 17 heavy (non-hydrogen) atoms. The molecule has 0 atom stereocenters. The Balaban J connectivity index is 2.33. The van der Waals surface area contributed by atoms with E-state index in [1.54, 1.807) is 6.20 Å². The molecule has 0 aromatic carbocycles. The van der Waals surface area contributed by atoms with Crippen LogP contribution in [0.3, 0.4) is 0 Å². The summed E-state index contributed by atoms with van der Waals surface area (Å²) in [5, 5.41) is 12.1.